The summed E-state index contributed by atoms with van der Waals surface area (Å²) in [5.74, 6) is 0. The average Bonchev–Trinajstić information content (AvgIpc) is 2.27. The van der Waals surface area contributed by atoms with Crippen molar-refractivity contribution in [2.75, 3.05) is 18.5 Å². The molecule has 1 aromatic rings. The van der Waals surface area contributed by atoms with E-state index in [1.165, 1.54) is 0 Å². The highest BCUT2D eigenvalue weighted by Gasteiger charge is 2.06. The molecule has 0 aliphatic carbocycles. The molecule has 0 aliphatic rings. The molecule has 0 aliphatic heterocycles. The van der Waals surface area contributed by atoms with Crippen molar-refractivity contribution in [3.63, 3.8) is 0 Å². The zero-order valence-electron chi connectivity index (χ0n) is 8.22. The van der Waals surface area contributed by atoms with E-state index in [4.69, 9.17) is 15.6 Å². The molecule has 0 saturated carbocycles. The van der Waals surface area contributed by atoms with Crippen LogP contribution in [0, 0.1) is 0 Å². The summed E-state index contributed by atoms with van der Waals surface area (Å²) in [6, 6.07) is 8.40. The van der Waals surface area contributed by atoms with E-state index in [2.05, 4.69) is 5.32 Å². The lowest BCUT2D eigenvalue weighted by atomic mass is 10.3. The van der Waals surface area contributed by atoms with E-state index < -0.39 is 12.1 Å². The maximum Gasteiger partial charge on any atom is 0.411 e. The second-order valence-corrected chi connectivity index (χ2v) is 3.03. The minimum Gasteiger partial charge on any atom is -0.448 e. The van der Waals surface area contributed by atoms with E-state index in [-0.39, 0.29) is 13.2 Å². The maximum absolute atomic E-state index is 11.2. The highest BCUT2D eigenvalue weighted by molar-refractivity contribution is 5.84. The van der Waals surface area contributed by atoms with Crippen molar-refractivity contribution in [1.29, 1.82) is 0 Å². The van der Waals surface area contributed by atoms with Gasteiger partial charge in [0, 0.05) is 5.69 Å². The van der Waals surface area contributed by atoms with Crippen LogP contribution in [0.5, 0.6) is 0 Å². The molecule has 0 saturated heterocycles. The lowest BCUT2D eigenvalue weighted by molar-refractivity contribution is 0.138. The van der Waals surface area contributed by atoms with E-state index in [0.717, 1.165) is 0 Å². The molecule has 1 amide bonds. The highest BCUT2D eigenvalue weighted by Crippen LogP contribution is 2.05. The van der Waals surface area contributed by atoms with Crippen molar-refractivity contribution in [1.82, 2.24) is 0 Å². The van der Waals surface area contributed by atoms with Crippen molar-refractivity contribution < 1.29 is 14.6 Å². The molecule has 1 atom stereocenters. The number of nitrogens with one attached hydrogen (secondary N) is 1. The van der Waals surface area contributed by atoms with Crippen molar-refractivity contribution in [2.45, 2.75) is 6.04 Å². The second-order valence-electron chi connectivity index (χ2n) is 3.03. The van der Waals surface area contributed by atoms with Crippen LogP contribution >= 0.6 is 0 Å². The fourth-order valence-electron chi connectivity index (χ4n) is 0.911. The van der Waals surface area contributed by atoms with Gasteiger partial charge >= 0.3 is 6.09 Å². The Balaban J connectivity index is 2.31. The first kappa shape index (κ1) is 11.5. The molecule has 0 spiro atoms. The molecule has 0 bridgehead atoms. The van der Waals surface area contributed by atoms with Gasteiger partial charge in [-0.2, -0.15) is 0 Å². The molecule has 0 radical (unpaired) electrons. The number of benzene rings is 1. The molecule has 5 nitrogen and oxygen atoms in total. The summed E-state index contributed by atoms with van der Waals surface area (Å²) in [5.41, 5.74) is 6.01. The monoisotopic (exact) mass is 210 g/mol. The van der Waals surface area contributed by atoms with Gasteiger partial charge in [-0.1, -0.05) is 18.2 Å². The Morgan fingerprint density at radius 3 is 2.73 bits per heavy atom. The van der Waals surface area contributed by atoms with Gasteiger partial charge in [-0.3, -0.25) is 5.32 Å². The first-order valence-electron chi connectivity index (χ1n) is 4.57. The van der Waals surface area contributed by atoms with Gasteiger partial charge in [0.05, 0.1) is 12.6 Å². The lowest BCUT2D eigenvalue weighted by Gasteiger charge is -2.09. The fraction of sp³-hybridized carbons (Fsp3) is 0.300. The third-order valence-electron chi connectivity index (χ3n) is 1.68. The highest BCUT2D eigenvalue weighted by atomic mass is 16.5. The third-order valence-corrected chi connectivity index (χ3v) is 1.68. The maximum atomic E-state index is 11.2. The van der Waals surface area contributed by atoms with E-state index in [1.54, 1.807) is 24.3 Å². The first-order chi connectivity index (χ1) is 7.22. The van der Waals surface area contributed by atoms with E-state index >= 15 is 0 Å². The summed E-state index contributed by atoms with van der Waals surface area (Å²) in [7, 11) is 0. The number of para-hydroxylation sites is 1. The number of carbonyl (C=O) groups excluding carboxylic acids is 1. The van der Waals surface area contributed by atoms with Crippen molar-refractivity contribution in [3.05, 3.63) is 30.3 Å². The van der Waals surface area contributed by atoms with Gasteiger partial charge in [-0.15, -0.1) is 0 Å². The average molecular weight is 210 g/mol. The molecule has 1 aromatic carbocycles. The normalized spacial score (nSPS) is 11.9. The van der Waals surface area contributed by atoms with Gasteiger partial charge in [-0.25, -0.2) is 4.79 Å². The molecule has 5 heteroatoms. The molecule has 1 rings (SSSR count). The van der Waals surface area contributed by atoms with E-state index in [0.29, 0.717) is 5.69 Å². The minimum atomic E-state index is -0.579. The van der Waals surface area contributed by atoms with Crippen LogP contribution in [-0.2, 0) is 4.74 Å². The summed E-state index contributed by atoms with van der Waals surface area (Å²) < 4.78 is 4.76. The molecular weight excluding hydrogens is 196 g/mol. The number of nitrogens with two attached hydrogens (primary N) is 1. The van der Waals surface area contributed by atoms with Crippen LogP contribution in [0.4, 0.5) is 10.5 Å². The first-order valence-corrected chi connectivity index (χ1v) is 4.57. The van der Waals surface area contributed by atoms with Crippen molar-refractivity contribution in [3.8, 4) is 0 Å². The molecule has 0 fully saturated rings. The van der Waals surface area contributed by atoms with Gasteiger partial charge < -0.3 is 15.6 Å². The zero-order valence-corrected chi connectivity index (χ0v) is 8.22. The summed E-state index contributed by atoms with van der Waals surface area (Å²) in [5, 5.41) is 11.1. The Labute approximate surface area is 87.9 Å². The summed E-state index contributed by atoms with van der Waals surface area (Å²) >= 11 is 0. The standard InChI is InChI=1S/C10H14N2O3/c11-8(6-13)7-15-10(14)12-9-4-2-1-3-5-9/h1-5,8,13H,6-7,11H2,(H,12,14). The van der Waals surface area contributed by atoms with Crippen LogP contribution in [0.2, 0.25) is 0 Å². The predicted molar refractivity (Wildman–Crippen MR) is 56.5 cm³/mol. The topological polar surface area (TPSA) is 84.6 Å². The number of anilines is 1. The molecule has 0 heterocycles. The smallest absolute Gasteiger partial charge is 0.411 e. The Morgan fingerprint density at radius 2 is 2.13 bits per heavy atom. The number of aliphatic hydroxyl groups excluding tert-OH is 1. The van der Waals surface area contributed by atoms with Gasteiger partial charge in [0.25, 0.3) is 0 Å². The lowest BCUT2D eigenvalue weighted by Crippen LogP contribution is -2.32. The zero-order chi connectivity index (χ0) is 11.1. The van der Waals surface area contributed by atoms with Crippen LogP contribution in [0.15, 0.2) is 30.3 Å². The number of rotatable bonds is 4. The van der Waals surface area contributed by atoms with Gasteiger partial charge in [-0.05, 0) is 12.1 Å². The van der Waals surface area contributed by atoms with Crippen LogP contribution in [0.3, 0.4) is 0 Å². The molecular formula is C10H14N2O3. The van der Waals surface area contributed by atoms with Crippen LogP contribution in [0.25, 0.3) is 0 Å². The molecule has 4 N–H and O–H groups in total. The Hall–Kier alpha value is -1.59. The molecule has 82 valence electrons. The summed E-state index contributed by atoms with van der Waals surface area (Å²) in [6.45, 7) is -0.215. The van der Waals surface area contributed by atoms with E-state index in [1.807, 2.05) is 6.07 Å². The van der Waals surface area contributed by atoms with Gasteiger partial charge in [0.15, 0.2) is 0 Å². The largest absolute Gasteiger partial charge is 0.448 e. The minimum absolute atomic E-state index is 0.00479. The number of carbonyl (C=O) groups is 1. The van der Waals surface area contributed by atoms with E-state index in [9.17, 15) is 4.79 Å². The van der Waals surface area contributed by atoms with Crippen molar-refractivity contribution in [2.24, 2.45) is 5.73 Å². The fourth-order valence-corrected chi connectivity index (χ4v) is 0.911. The van der Waals surface area contributed by atoms with Crippen molar-refractivity contribution >= 4 is 11.8 Å². The Morgan fingerprint density at radius 1 is 1.47 bits per heavy atom. The molecule has 0 aromatic heterocycles. The van der Waals surface area contributed by atoms with Gasteiger partial charge in [0.2, 0.25) is 0 Å². The Bertz CT molecular complexity index is 303. The summed E-state index contributed by atoms with van der Waals surface area (Å²) in [4.78, 5) is 11.2. The Kier molecular flexibility index (Phi) is 4.59. The SMILES string of the molecule is NC(CO)COC(=O)Nc1ccccc1. The third kappa shape index (κ3) is 4.44. The quantitative estimate of drug-likeness (QED) is 0.677. The van der Waals surface area contributed by atoms with Crippen LogP contribution in [0.1, 0.15) is 0 Å². The summed E-state index contributed by atoms with van der Waals surface area (Å²) in [6.07, 6.45) is -0.579. The number of aliphatic hydroxyl groups is 1. The number of hydrogen-bond acceptors (Lipinski definition) is 4. The van der Waals surface area contributed by atoms with Crippen LogP contribution < -0.4 is 11.1 Å². The number of hydrogen-bond donors (Lipinski definition) is 3. The van der Waals surface area contributed by atoms with Gasteiger partial charge in [0.1, 0.15) is 6.61 Å². The number of ether oxygens (including phenoxy) is 1. The number of amides is 1. The predicted octanol–water partition coefficient (Wildman–Crippen LogP) is 0.555. The molecule has 15 heavy (non-hydrogen) atoms. The molecule has 1 unspecified atom stereocenters. The van der Waals surface area contributed by atoms with Crippen LogP contribution in [-0.4, -0.2) is 30.5 Å². The second kappa shape index (κ2) is 6.00.